The molecule has 23 heavy (non-hydrogen) atoms. The Bertz CT molecular complexity index is 655. The van der Waals surface area contributed by atoms with E-state index in [-0.39, 0.29) is 5.91 Å². The van der Waals surface area contributed by atoms with Crippen LogP contribution in [0.2, 0.25) is 5.02 Å². The minimum Gasteiger partial charge on any atom is -0.383 e. The number of methoxy groups -OCH3 is 1. The second kappa shape index (κ2) is 7.99. The molecule has 0 bridgehead atoms. The van der Waals surface area contributed by atoms with E-state index in [1.54, 1.807) is 43.3 Å². The molecule has 124 valence electrons. The number of amides is 1. The maximum Gasteiger partial charge on any atom is 0.261 e. The van der Waals surface area contributed by atoms with E-state index >= 15 is 0 Å². The first-order chi connectivity index (χ1) is 11.1. The molecule has 6 nitrogen and oxygen atoms in total. The van der Waals surface area contributed by atoms with E-state index in [2.05, 4.69) is 10.5 Å². The number of nitrogens with zero attached hydrogens (tertiary/aromatic N) is 2. The number of hydrogen-bond acceptors (Lipinski definition) is 5. The summed E-state index contributed by atoms with van der Waals surface area (Å²) in [6, 6.07) is 7.08. The standard InChI is InChI=1S/C16H20ClN3O3/c1-4-20(2)16(21)13-14(11-5-7-12(17)8-6-11)23-19-15(13)18-9-10-22-3/h5-8H,4,9-10H2,1-3H3,(H,18,19). The molecule has 2 aromatic rings. The van der Waals surface area contributed by atoms with Crippen molar-refractivity contribution in [3.63, 3.8) is 0 Å². The lowest BCUT2D eigenvalue weighted by molar-refractivity contribution is 0.0803. The highest BCUT2D eigenvalue weighted by Gasteiger charge is 2.26. The fourth-order valence-corrected chi connectivity index (χ4v) is 2.14. The molecule has 0 atom stereocenters. The van der Waals surface area contributed by atoms with Crippen LogP contribution in [0, 0.1) is 0 Å². The molecule has 0 radical (unpaired) electrons. The zero-order valence-corrected chi connectivity index (χ0v) is 14.2. The number of carbonyl (C=O) groups is 1. The molecule has 0 spiro atoms. The molecule has 1 heterocycles. The van der Waals surface area contributed by atoms with Gasteiger partial charge in [-0.25, -0.2) is 0 Å². The predicted molar refractivity (Wildman–Crippen MR) is 89.9 cm³/mol. The van der Waals surface area contributed by atoms with Gasteiger partial charge in [0, 0.05) is 37.8 Å². The van der Waals surface area contributed by atoms with E-state index in [1.807, 2.05) is 6.92 Å². The molecule has 0 saturated carbocycles. The molecule has 1 amide bonds. The highest BCUT2D eigenvalue weighted by Crippen LogP contribution is 2.31. The van der Waals surface area contributed by atoms with Crippen molar-refractivity contribution in [1.29, 1.82) is 0 Å². The Morgan fingerprint density at radius 3 is 2.70 bits per heavy atom. The van der Waals surface area contributed by atoms with Gasteiger partial charge in [0.1, 0.15) is 5.56 Å². The van der Waals surface area contributed by atoms with E-state index in [0.717, 1.165) is 5.56 Å². The van der Waals surface area contributed by atoms with Gasteiger partial charge < -0.3 is 19.5 Å². The molecule has 0 aliphatic carbocycles. The topological polar surface area (TPSA) is 67.6 Å². The van der Waals surface area contributed by atoms with Crippen LogP contribution in [0.1, 0.15) is 17.3 Å². The monoisotopic (exact) mass is 337 g/mol. The minimum atomic E-state index is -0.154. The summed E-state index contributed by atoms with van der Waals surface area (Å²) in [4.78, 5) is 14.3. The molecule has 0 fully saturated rings. The second-order valence-electron chi connectivity index (χ2n) is 4.98. The number of benzene rings is 1. The smallest absolute Gasteiger partial charge is 0.261 e. The highest BCUT2D eigenvalue weighted by molar-refractivity contribution is 6.30. The van der Waals surface area contributed by atoms with Gasteiger partial charge in [0.05, 0.1) is 6.61 Å². The number of halogens is 1. The summed E-state index contributed by atoms with van der Waals surface area (Å²) >= 11 is 5.92. The molecule has 7 heteroatoms. The van der Waals surface area contributed by atoms with E-state index in [1.165, 1.54) is 0 Å². The number of rotatable bonds is 7. The van der Waals surface area contributed by atoms with Crippen molar-refractivity contribution < 1.29 is 14.1 Å². The van der Waals surface area contributed by atoms with Crippen LogP contribution in [0.3, 0.4) is 0 Å². The Hall–Kier alpha value is -2.05. The van der Waals surface area contributed by atoms with Crippen molar-refractivity contribution in [2.45, 2.75) is 6.92 Å². The zero-order valence-electron chi connectivity index (χ0n) is 13.4. The lowest BCUT2D eigenvalue weighted by atomic mass is 10.1. The summed E-state index contributed by atoms with van der Waals surface area (Å²) in [6.45, 7) is 3.52. The van der Waals surface area contributed by atoms with Crippen LogP contribution in [0.5, 0.6) is 0 Å². The summed E-state index contributed by atoms with van der Waals surface area (Å²) in [5.41, 5.74) is 1.15. The summed E-state index contributed by atoms with van der Waals surface area (Å²) < 4.78 is 10.4. The molecule has 0 unspecified atom stereocenters. The van der Waals surface area contributed by atoms with Crippen molar-refractivity contribution in [3.05, 3.63) is 34.9 Å². The third-order valence-corrected chi connectivity index (χ3v) is 3.68. The van der Waals surface area contributed by atoms with Gasteiger partial charge in [-0.15, -0.1) is 0 Å². The fourth-order valence-electron chi connectivity index (χ4n) is 2.01. The van der Waals surface area contributed by atoms with Crippen molar-refractivity contribution >= 4 is 23.3 Å². The average Bonchev–Trinajstić information content (AvgIpc) is 2.98. The number of hydrogen-bond donors (Lipinski definition) is 1. The normalized spacial score (nSPS) is 10.6. The van der Waals surface area contributed by atoms with Crippen LogP contribution in [0.15, 0.2) is 28.8 Å². The number of carbonyl (C=O) groups excluding carboxylic acids is 1. The van der Waals surface area contributed by atoms with Gasteiger partial charge >= 0.3 is 0 Å². The van der Waals surface area contributed by atoms with Gasteiger partial charge in [0.15, 0.2) is 11.6 Å². The first kappa shape index (κ1) is 17.3. The quantitative estimate of drug-likeness (QED) is 0.786. The first-order valence-electron chi connectivity index (χ1n) is 7.32. The van der Waals surface area contributed by atoms with Crippen LogP contribution in [0.4, 0.5) is 5.82 Å². The molecular weight excluding hydrogens is 318 g/mol. The Balaban J connectivity index is 2.41. The van der Waals surface area contributed by atoms with Crippen molar-refractivity contribution in [2.75, 3.05) is 39.2 Å². The lowest BCUT2D eigenvalue weighted by Gasteiger charge is -2.15. The van der Waals surface area contributed by atoms with Crippen molar-refractivity contribution in [3.8, 4) is 11.3 Å². The maximum absolute atomic E-state index is 12.7. The summed E-state index contributed by atoms with van der Waals surface area (Å²) in [7, 11) is 3.35. The number of anilines is 1. The molecule has 2 rings (SSSR count). The Kier molecular flexibility index (Phi) is 6.01. The van der Waals surface area contributed by atoms with Crippen LogP contribution in [-0.2, 0) is 4.74 Å². The van der Waals surface area contributed by atoms with Crippen molar-refractivity contribution in [2.24, 2.45) is 0 Å². The third-order valence-electron chi connectivity index (χ3n) is 3.43. The lowest BCUT2D eigenvalue weighted by Crippen LogP contribution is -2.27. The minimum absolute atomic E-state index is 0.154. The van der Waals surface area contributed by atoms with Crippen LogP contribution < -0.4 is 5.32 Å². The van der Waals surface area contributed by atoms with E-state index in [4.69, 9.17) is 20.9 Å². The third kappa shape index (κ3) is 4.03. The van der Waals surface area contributed by atoms with Gasteiger partial charge in [0.2, 0.25) is 0 Å². The Morgan fingerprint density at radius 2 is 2.09 bits per heavy atom. The Labute approximate surface area is 140 Å². The van der Waals surface area contributed by atoms with Gasteiger partial charge in [-0.2, -0.15) is 0 Å². The largest absolute Gasteiger partial charge is 0.383 e. The van der Waals surface area contributed by atoms with Crippen LogP contribution in [0.25, 0.3) is 11.3 Å². The summed E-state index contributed by atoms with van der Waals surface area (Å²) in [5, 5.41) is 7.69. The van der Waals surface area contributed by atoms with E-state index in [9.17, 15) is 4.79 Å². The number of ether oxygens (including phenoxy) is 1. The summed E-state index contributed by atoms with van der Waals surface area (Å²) in [6.07, 6.45) is 0. The SMILES string of the molecule is CCN(C)C(=O)c1c(NCCOC)noc1-c1ccc(Cl)cc1. The fraction of sp³-hybridized carbons (Fsp3) is 0.375. The molecule has 0 aliphatic rings. The zero-order chi connectivity index (χ0) is 16.8. The van der Waals surface area contributed by atoms with E-state index < -0.39 is 0 Å². The van der Waals surface area contributed by atoms with Gasteiger partial charge in [0.25, 0.3) is 5.91 Å². The van der Waals surface area contributed by atoms with Crippen LogP contribution >= 0.6 is 11.6 Å². The Morgan fingerprint density at radius 1 is 1.39 bits per heavy atom. The second-order valence-corrected chi connectivity index (χ2v) is 5.42. The number of nitrogens with one attached hydrogen (secondary N) is 1. The molecule has 0 saturated heterocycles. The van der Waals surface area contributed by atoms with Gasteiger partial charge in [-0.1, -0.05) is 16.8 Å². The first-order valence-corrected chi connectivity index (χ1v) is 7.70. The van der Waals surface area contributed by atoms with E-state index in [0.29, 0.717) is 41.9 Å². The molecule has 1 N–H and O–H groups in total. The van der Waals surface area contributed by atoms with Gasteiger partial charge in [-0.05, 0) is 31.2 Å². The molecule has 0 aliphatic heterocycles. The predicted octanol–water partition coefficient (Wildman–Crippen LogP) is 3.15. The molecule has 1 aromatic heterocycles. The molecular formula is C16H20ClN3O3. The highest BCUT2D eigenvalue weighted by atomic mass is 35.5. The van der Waals surface area contributed by atoms with Crippen molar-refractivity contribution in [1.82, 2.24) is 10.1 Å². The van der Waals surface area contributed by atoms with Gasteiger partial charge in [-0.3, -0.25) is 4.79 Å². The number of aromatic nitrogens is 1. The average molecular weight is 338 g/mol. The summed E-state index contributed by atoms with van der Waals surface area (Å²) in [5.74, 6) is 0.683. The maximum atomic E-state index is 12.7. The van der Waals surface area contributed by atoms with Crippen LogP contribution in [-0.4, -0.2) is 49.8 Å². The molecule has 1 aromatic carbocycles.